The molecule has 0 unspecified atom stereocenters. The molecule has 0 aliphatic heterocycles. The molecule has 0 aliphatic carbocycles. The number of aromatic nitrogens is 2. The van der Waals surface area contributed by atoms with Crippen LogP contribution in [0, 0.1) is 6.92 Å². The number of hydrogen-bond donors (Lipinski definition) is 1. The molecule has 22 heavy (non-hydrogen) atoms. The first-order chi connectivity index (χ1) is 10.7. The van der Waals surface area contributed by atoms with Gasteiger partial charge in [0, 0.05) is 6.61 Å². The van der Waals surface area contributed by atoms with Crippen molar-refractivity contribution in [3.63, 3.8) is 0 Å². The number of rotatable bonds is 8. The molecule has 118 valence electrons. The summed E-state index contributed by atoms with van der Waals surface area (Å²) in [5, 5.41) is 4.32. The van der Waals surface area contributed by atoms with Crippen LogP contribution in [0.3, 0.4) is 0 Å². The minimum absolute atomic E-state index is 0.393. The van der Waals surface area contributed by atoms with Gasteiger partial charge in [0.05, 0.1) is 24.7 Å². The SMILES string of the molecule is CCCCCOCc1cccc(C=Nn2cc(C)nc2N)c1. The Bertz CT molecular complexity index is 619. The number of nitrogen functional groups attached to an aromatic ring is 1. The average molecular weight is 300 g/mol. The van der Waals surface area contributed by atoms with Crippen molar-refractivity contribution in [2.75, 3.05) is 12.3 Å². The third-order valence-corrected chi connectivity index (χ3v) is 3.28. The highest BCUT2D eigenvalue weighted by molar-refractivity contribution is 5.79. The number of benzene rings is 1. The normalized spacial score (nSPS) is 11.4. The molecule has 2 rings (SSSR count). The molecule has 0 saturated heterocycles. The van der Waals surface area contributed by atoms with Gasteiger partial charge in [-0.3, -0.25) is 0 Å². The van der Waals surface area contributed by atoms with Gasteiger partial charge < -0.3 is 10.5 Å². The minimum atomic E-state index is 0.393. The first-order valence-corrected chi connectivity index (χ1v) is 7.71. The Kier molecular flexibility index (Phi) is 6.15. The second kappa shape index (κ2) is 8.34. The van der Waals surface area contributed by atoms with E-state index in [0.29, 0.717) is 12.6 Å². The third kappa shape index (κ3) is 5.00. The van der Waals surface area contributed by atoms with Crippen LogP contribution < -0.4 is 5.73 Å². The van der Waals surface area contributed by atoms with Crippen LogP contribution in [-0.2, 0) is 11.3 Å². The van der Waals surface area contributed by atoms with Gasteiger partial charge in [0.15, 0.2) is 0 Å². The smallest absolute Gasteiger partial charge is 0.221 e. The highest BCUT2D eigenvalue weighted by Gasteiger charge is 1.99. The van der Waals surface area contributed by atoms with Gasteiger partial charge in [-0.1, -0.05) is 38.0 Å². The van der Waals surface area contributed by atoms with Crippen molar-refractivity contribution in [2.45, 2.75) is 39.7 Å². The molecule has 0 radical (unpaired) electrons. The molecule has 0 fully saturated rings. The largest absolute Gasteiger partial charge is 0.377 e. The minimum Gasteiger partial charge on any atom is -0.377 e. The molecule has 1 aromatic heterocycles. The number of anilines is 1. The zero-order valence-electron chi connectivity index (χ0n) is 13.3. The first-order valence-electron chi connectivity index (χ1n) is 7.71. The van der Waals surface area contributed by atoms with Crippen LogP contribution in [-0.4, -0.2) is 22.5 Å². The fourth-order valence-electron chi connectivity index (χ4n) is 2.13. The zero-order valence-corrected chi connectivity index (χ0v) is 13.3. The van der Waals surface area contributed by atoms with Crippen LogP contribution in [0.5, 0.6) is 0 Å². The van der Waals surface area contributed by atoms with Crippen LogP contribution in [0.4, 0.5) is 5.95 Å². The van der Waals surface area contributed by atoms with Gasteiger partial charge in [-0.25, -0.2) is 9.66 Å². The maximum atomic E-state index is 5.76. The Morgan fingerprint density at radius 3 is 2.95 bits per heavy atom. The van der Waals surface area contributed by atoms with E-state index in [4.69, 9.17) is 10.5 Å². The lowest BCUT2D eigenvalue weighted by atomic mass is 10.1. The summed E-state index contributed by atoms with van der Waals surface area (Å²) in [6.07, 6.45) is 7.13. The van der Waals surface area contributed by atoms with E-state index in [1.54, 1.807) is 17.1 Å². The predicted octanol–water partition coefficient (Wildman–Crippen LogP) is 3.36. The number of unbranched alkanes of at least 4 members (excludes halogenated alkanes) is 2. The third-order valence-electron chi connectivity index (χ3n) is 3.28. The number of ether oxygens (including phenoxy) is 1. The summed E-state index contributed by atoms with van der Waals surface area (Å²) in [5.41, 5.74) is 8.77. The Hall–Kier alpha value is -2.14. The molecule has 0 aliphatic rings. The molecular formula is C17H24N4O. The number of nitrogens with two attached hydrogens (primary N) is 1. The second-order valence-electron chi connectivity index (χ2n) is 5.33. The summed E-state index contributed by atoms with van der Waals surface area (Å²) >= 11 is 0. The lowest BCUT2D eigenvalue weighted by molar-refractivity contribution is 0.117. The lowest BCUT2D eigenvalue weighted by Gasteiger charge is -2.04. The predicted molar refractivity (Wildman–Crippen MR) is 90.0 cm³/mol. The Balaban J connectivity index is 1.92. The van der Waals surface area contributed by atoms with Crippen molar-refractivity contribution in [3.8, 4) is 0 Å². The van der Waals surface area contributed by atoms with E-state index in [2.05, 4.69) is 29.1 Å². The fourth-order valence-corrected chi connectivity index (χ4v) is 2.13. The summed E-state index contributed by atoms with van der Waals surface area (Å²) in [6, 6.07) is 8.15. The molecule has 2 aromatic rings. The monoisotopic (exact) mass is 300 g/mol. The van der Waals surface area contributed by atoms with Crippen molar-refractivity contribution < 1.29 is 4.74 Å². The molecule has 0 amide bonds. The number of hydrogen-bond acceptors (Lipinski definition) is 4. The van der Waals surface area contributed by atoms with Gasteiger partial charge in [0.1, 0.15) is 0 Å². The van der Waals surface area contributed by atoms with Crippen molar-refractivity contribution in [1.82, 2.24) is 9.66 Å². The Morgan fingerprint density at radius 1 is 1.36 bits per heavy atom. The van der Waals surface area contributed by atoms with Crippen LogP contribution >= 0.6 is 0 Å². The Morgan fingerprint density at radius 2 is 2.23 bits per heavy atom. The maximum absolute atomic E-state index is 5.76. The average Bonchev–Trinajstić information content (AvgIpc) is 2.83. The van der Waals surface area contributed by atoms with Gasteiger partial charge in [0.2, 0.25) is 5.95 Å². The zero-order chi connectivity index (χ0) is 15.8. The van der Waals surface area contributed by atoms with Crippen molar-refractivity contribution in [2.24, 2.45) is 5.10 Å². The van der Waals surface area contributed by atoms with Crippen LogP contribution in [0.25, 0.3) is 0 Å². The molecular weight excluding hydrogens is 276 g/mol. The summed E-state index contributed by atoms with van der Waals surface area (Å²) < 4.78 is 7.25. The van der Waals surface area contributed by atoms with E-state index in [1.165, 1.54) is 12.8 Å². The van der Waals surface area contributed by atoms with Crippen molar-refractivity contribution >= 4 is 12.2 Å². The molecule has 5 heteroatoms. The molecule has 0 saturated carbocycles. The standard InChI is InChI=1S/C17H24N4O/c1-3-4-5-9-22-13-16-8-6-7-15(10-16)11-19-21-12-14(2)20-17(21)18/h6-8,10-12H,3-5,9,13H2,1-2H3,(H2,18,20). The molecule has 0 spiro atoms. The summed E-state index contributed by atoms with van der Waals surface area (Å²) in [5.74, 6) is 0.393. The molecule has 0 bridgehead atoms. The number of nitrogens with zero attached hydrogens (tertiary/aromatic N) is 3. The van der Waals surface area contributed by atoms with E-state index >= 15 is 0 Å². The van der Waals surface area contributed by atoms with Crippen LogP contribution in [0.15, 0.2) is 35.6 Å². The highest BCUT2D eigenvalue weighted by atomic mass is 16.5. The molecule has 2 N–H and O–H groups in total. The lowest BCUT2D eigenvalue weighted by Crippen LogP contribution is -1.98. The molecule has 1 aromatic carbocycles. The van der Waals surface area contributed by atoms with Crippen LogP contribution in [0.1, 0.15) is 43.0 Å². The van der Waals surface area contributed by atoms with Crippen molar-refractivity contribution in [3.05, 3.63) is 47.3 Å². The quantitative estimate of drug-likeness (QED) is 0.600. The summed E-state index contributed by atoms with van der Waals surface area (Å²) in [6.45, 7) is 5.53. The second-order valence-corrected chi connectivity index (χ2v) is 5.33. The number of aryl methyl sites for hydroxylation is 1. The molecule has 1 heterocycles. The topological polar surface area (TPSA) is 65.4 Å². The van der Waals surface area contributed by atoms with E-state index in [-0.39, 0.29) is 0 Å². The van der Waals surface area contributed by atoms with E-state index < -0.39 is 0 Å². The van der Waals surface area contributed by atoms with Gasteiger partial charge in [0.25, 0.3) is 0 Å². The van der Waals surface area contributed by atoms with Gasteiger partial charge >= 0.3 is 0 Å². The van der Waals surface area contributed by atoms with Gasteiger partial charge in [-0.05, 0) is 30.5 Å². The van der Waals surface area contributed by atoms with Crippen LogP contribution in [0.2, 0.25) is 0 Å². The molecule has 5 nitrogen and oxygen atoms in total. The summed E-state index contributed by atoms with van der Waals surface area (Å²) in [7, 11) is 0. The van der Waals surface area contributed by atoms with Gasteiger partial charge in [-0.2, -0.15) is 5.10 Å². The maximum Gasteiger partial charge on any atom is 0.221 e. The molecule has 0 atom stereocenters. The van der Waals surface area contributed by atoms with E-state index in [1.807, 2.05) is 19.1 Å². The van der Waals surface area contributed by atoms with Crippen molar-refractivity contribution in [1.29, 1.82) is 0 Å². The van der Waals surface area contributed by atoms with E-state index in [0.717, 1.165) is 29.8 Å². The summed E-state index contributed by atoms with van der Waals surface area (Å²) in [4.78, 5) is 4.11. The Labute approximate surface area is 131 Å². The number of imidazole rings is 1. The van der Waals surface area contributed by atoms with Gasteiger partial charge in [-0.15, -0.1) is 0 Å². The highest BCUT2D eigenvalue weighted by Crippen LogP contribution is 2.07. The van der Waals surface area contributed by atoms with E-state index in [9.17, 15) is 0 Å². The first kappa shape index (κ1) is 16.2. The fraction of sp³-hybridized carbons (Fsp3) is 0.412.